The molecule has 0 saturated carbocycles. The van der Waals surface area contributed by atoms with Crippen LogP contribution in [0.4, 0.5) is 16.0 Å². The van der Waals surface area contributed by atoms with E-state index in [-0.39, 0.29) is 36.2 Å². The van der Waals surface area contributed by atoms with E-state index in [0.29, 0.717) is 36.9 Å². The first-order chi connectivity index (χ1) is 30.4. The number of piperidine rings is 3. The number of benzene rings is 2. The monoisotopic (exact) mass is 859 g/mol. The molecule has 1 unspecified atom stereocenters. The molecule has 0 spiro atoms. The first-order valence-corrected chi connectivity index (χ1v) is 23.5. The van der Waals surface area contributed by atoms with Crippen LogP contribution >= 0.6 is 0 Å². The van der Waals surface area contributed by atoms with Crippen molar-refractivity contribution in [2.24, 2.45) is 11.8 Å². The summed E-state index contributed by atoms with van der Waals surface area (Å²) in [5.41, 5.74) is 6.03. The van der Waals surface area contributed by atoms with E-state index >= 15 is 4.39 Å². The normalized spacial score (nSPS) is 24.9. The largest absolute Gasteiger partial charge is 0.372 e. The number of aromatic amines is 1. The van der Waals surface area contributed by atoms with Gasteiger partial charge in [0.05, 0.1) is 6.04 Å². The van der Waals surface area contributed by atoms with Crippen LogP contribution in [0.2, 0.25) is 0 Å². The van der Waals surface area contributed by atoms with Crippen LogP contribution < -0.4 is 15.1 Å². The smallest absolute Gasteiger partial charge is 0.255 e. The Hall–Kier alpha value is -4.92. The highest BCUT2D eigenvalue weighted by Gasteiger charge is 2.41. The lowest BCUT2D eigenvalue weighted by Crippen LogP contribution is -2.52. The standard InChI is InChI=1S/C49H63FN10O3/c1-32-24-40-39-6-4-5-7-41(39)53-44(40)45(60(32)31-49(2,3)50)36-26-51-48(52-27-36)58-18-14-34(15-19-58)29-56-22-20-55(21-23-56)28-33-12-16-57(17-13-33)37-8-9-38-35(25-37)30-59(47(38)63)42-10-11-43(61)54-46(42)62/h4-9,25-27,32-34,42,45,53H,10-24,28-31H2,1-3H3,(H,54,61,62)/t32-,42?,45-/m1/s1. The average Bonchev–Trinajstić information content (AvgIpc) is 3.81. The molecular weight excluding hydrogens is 796 g/mol. The third kappa shape index (κ3) is 8.70. The second kappa shape index (κ2) is 17.2. The van der Waals surface area contributed by atoms with Crippen molar-refractivity contribution in [3.63, 3.8) is 0 Å². The van der Waals surface area contributed by atoms with Crippen LogP contribution in [0.5, 0.6) is 0 Å². The topological polar surface area (TPSA) is 124 Å². The number of H-pyrrole nitrogens is 1. The summed E-state index contributed by atoms with van der Waals surface area (Å²) in [6, 6.07) is 14.0. The number of nitrogens with zero attached hydrogens (tertiary/aromatic N) is 8. The molecule has 6 aliphatic heterocycles. The van der Waals surface area contributed by atoms with E-state index < -0.39 is 11.7 Å². The van der Waals surface area contributed by atoms with Gasteiger partial charge in [-0.15, -0.1) is 0 Å². The molecule has 2 aromatic heterocycles. The summed E-state index contributed by atoms with van der Waals surface area (Å²) in [6.45, 7) is 17.0. The summed E-state index contributed by atoms with van der Waals surface area (Å²) in [5, 5.41) is 3.64. The van der Waals surface area contributed by atoms with Crippen LogP contribution in [-0.2, 0) is 22.6 Å². The number of piperazine rings is 1. The van der Waals surface area contributed by atoms with Crippen molar-refractivity contribution in [3.05, 3.63) is 82.8 Å². The van der Waals surface area contributed by atoms with Crippen molar-refractivity contribution in [2.75, 3.05) is 81.8 Å². The number of aromatic nitrogens is 3. The first kappa shape index (κ1) is 42.1. The fourth-order valence-corrected chi connectivity index (χ4v) is 11.5. The summed E-state index contributed by atoms with van der Waals surface area (Å²) < 4.78 is 15.2. The van der Waals surface area contributed by atoms with Crippen LogP contribution in [0.25, 0.3) is 10.9 Å². The Kier molecular flexibility index (Phi) is 11.5. The van der Waals surface area contributed by atoms with Gasteiger partial charge in [-0.05, 0) is 107 Å². The number of carbonyl (C=O) groups is 3. The lowest BCUT2D eigenvalue weighted by molar-refractivity contribution is -0.136. The molecule has 0 radical (unpaired) electrons. The second-order valence-electron chi connectivity index (χ2n) is 19.9. The quantitative estimate of drug-likeness (QED) is 0.196. The number of alkyl halides is 1. The van der Waals surface area contributed by atoms with Gasteiger partial charge in [-0.1, -0.05) is 18.2 Å². The molecule has 8 heterocycles. The molecule has 334 valence electrons. The molecule has 3 amide bonds. The third-order valence-corrected chi connectivity index (χ3v) is 14.9. The van der Waals surface area contributed by atoms with E-state index in [0.717, 1.165) is 132 Å². The maximum atomic E-state index is 15.2. The minimum Gasteiger partial charge on any atom is -0.372 e. The zero-order chi connectivity index (χ0) is 43.4. The fraction of sp³-hybridized carbons (Fsp3) is 0.571. The molecule has 4 saturated heterocycles. The van der Waals surface area contributed by atoms with Crippen molar-refractivity contribution in [3.8, 4) is 0 Å². The third-order valence-electron chi connectivity index (χ3n) is 14.9. The van der Waals surface area contributed by atoms with Gasteiger partial charge in [0.1, 0.15) is 11.7 Å². The molecule has 4 fully saturated rings. The lowest BCUT2D eigenvalue weighted by Gasteiger charge is -2.42. The van der Waals surface area contributed by atoms with Gasteiger partial charge < -0.3 is 29.5 Å². The molecule has 14 heteroatoms. The molecule has 4 aromatic rings. The fourth-order valence-electron chi connectivity index (χ4n) is 11.5. The van der Waals surface area contributed by atoms with Crippen molar-refractivity contribution in [1.82, 2.24) is 39.9 Å². The van der Waals surface area contributed by atoms with Gasteiger partial charge in [0.15, 0.2) is 0 Å². The molecule has 2 aromatic carbocycles. The van der Waals surface area contributed by atoms with Gasteiger partial charge in [0.2, 0.25) is 17.8 Å². The van der Waals surface area contributed by atoms with E-state index in [1.807, 2.05) is 18.5 Å². The van der Waals surface area contributed by atoms with E-state index in [1.54, 1.807) is 18.7 Å². The van der Waals surface area contributed by atoms with Gasteiger partial charge in [-0.3, -0.25) is 24.6 Å². The molecule has 3 atom stereocenters. The number of anilines is 2. The second-order valence-corrected chi connectivity index (χ2v) is 19.9. The summed E-state index contributed by atoms with van der Waals surface area (Å²) in [5.74, 6) is 1.40. The van der Waals surface area contributed by atoms with Crippen molar-refractivity contribution < 1.29 is 18.8 Å². The number of para-hydroxylation sites is 1. The van der Waals surface area contributed by atoms with Crippen LogP contribution in [0.3, 0.4) is 0 Å². The number of carbonyl (C=O) groups excluding carboxylic acids is 3. The van der Waals surface area contributed by atoms with Crippen molar-refractivity contribution in [2.45, 2.75) is 96.1 Å². The summed E-state index contributed by atoms with van der Waals surface area (Å²) >= 11 is 0. The van der Waals surface area contributed by atoms with Gasteiger partial charge in [0, 0.05) is 137 Å². The number of hydrogen-bond donors (Lipinski definition) is 2. The number of hydrogen-bond acceptors (Lipinski definition) is 10. The van der Waals surface area contributed by atoms with Gasteiger partial charge in [-0.25, -0.2) is 14.4 Å². The lowest BCUT2D eigenvalue weighted by atomic mass is 9.88. The summed E-state index contributed by atoms with van der Waals surface area (Å²) in [4.78, 5) is 65.0. The summed E-state index contributed by atoms with van der Waals surface area (Å²) in [7, 11) is 0. The highest BCUT2D eigenvalue weighted by atomic mass is 19.1. The number of halogens is 1. The van der Waals surface area contributed by atoms with E-state index in [2.05, 4.69) is 78.1 Å². The predicted octanol–water partition coefficient (Wildman–Crippen LogP) is 5.55. The zero-order valence-electron chi connectivity index (χ0n) is 37.2. The van der Waals surface area contributed by atoms with E-state index in [4.69, 9.17) is 9.97 Å². The van der Waals surface area contributed by atoms with E-state index in [9.17, 15) is 14.4 Å². The molecule has 10 rings (SSSR count). The van der Waals surface area contributed by atoms with E-state index in [1.165, 1.54) is 10.9 Å². The summed E-state index contributed by atoms with van der Waals surface area (Å²) in [6.07, 6.45) is 10.1. The number of nitrogens with one attached hydrogen (secondary N) is 2. The molecular formula is C49H63FN10O3. The number of amides is 3. The van der Waals surface area contributed by atoms with Crippen LogP contribution in [-0.4, -0.2) is 142 Å². The number of rotatable bonds is 10. The predicted molar refractivity (Wildman–Crippen MR) is 242 cm³/mol. The first-order valence-electron chi connectivity index (χ1n) is 23.5. The Bertz CT molecular complexity index is 2320. The highest BCUT2D eigenvalue weighted by Crippen LogP contribution is 2.42. The maximum Gasteiger partial charge on any atom is 0.255 e. The number of imide groups is 1. The molecule has 0 bridgehead atoms. The molecule has 2 N–H and O–H groups in total. The highest BCUT2D eigenvalue weighted by molar-refractivity contribution is 6.05. The Morgan fingerprint density at radius 1 is 0.810 bits per heavy atom. The molecule has 63 heavy (non-hydrogen) atoms. The maximum absolute atomic E-state index is 15.2. The van der Waals surface area contributed by atoms with Gasteiger partial charge in [0.25, 0.3) is 5.91 Å². The van der Waals surface area contributed by atoms with Gasteiger partial charge >= 0.3 is 0 Å². The Morgan fingerprint density at radius 2 is 1.46 bits per heavy atom. The number of fused-ring (bicyclic) bond motifs is 4. The average molecular weight is 859 g/mol. The molecule has 13 nitrogen and oxygen atoms in total. The SMILES string of the molecule is C[C@@H]1Cc2c([nH]c3ccccc23)[C@@H](c2cnc(N3CCC(CN4CCN(CC5CCN(c6ccc7c(c6)CN(C6CCC(=O)NC6=O)C7=O)CC5)CC4)CC3)nc2)N1CC(C)(C)F. The zero-order valence-corrected chi connectivity index (χ0v) is 37.2. The Morgan fingerprint density at radius 3 is 2.11 bits per heavy atom. The Balaban J connectivity index is 0.672. The molecule has 0 aliphatic carbocycles. The molecule has 6 aliphatic rings. The minimum atomic E-state index is -1.33. The Labute approximate surface area is 370 Å². The van der Waals surface area contributed by atoms with Crippen LogP contribution in [0.1, 0.15) is 98.1 Å². The van der Waals surface area contributed by atoms with Crippen molar-refractivity contribution in [1.29, 1.82) is 0 Å². The minimum absolute atomic E-state index is 0.118. The van der Waals surface area contributed by atoms with Crippen molar-refractivity contribution >= 4 is 40.3 Å². The van der Waals surface area contributed by atoms with Crippen LogP contribution in [0.15, 0.2) is 54.9 Å². The van der Waals surface area contributed by atoms with Crippen LogP contribution in [0, 0.1) is 11.8 Å². The van der Waals surface area contributed by atoms with Gasteiger partial charge in [-0.2, -0.15) is 0 Å².